The predicted molar refractivity (Wildman–Crippen MR) is 152 cm³/mol. The van der Waals surface area contributed by atoms with Gasteiger partial charge in [0.25, 0.3) is 0 Å². The molecule has 3 aromatic carbocycles. The quantitative estimate of drug-likeness (QED) is 0.197. The number of nitrogens with two attached hydrogens (primary N) is 1. The van der Waals surface area contributed by atoms with Crippen molar-refractivity contribution in [3.05, 3.63) is 114 Å². The summed E-state index contributed by atoms with van der Waals surface area (Å²) >= 11 is 0. The molecule has 0 bridgehead atoms. The first-order valence-electron chi connectivity index (χ1n) is 11.9. The van der Waals surface area contributed by atoms with Crippen molar-refractivity contribution in [2.75, 3.05) is 12.4 Å². The molecule has 8 nitrogen and oxygen atoms in total. The average Bonchev–Trinajstić information content (AvgIpc) is 2.93. The fourth-order valence-corrected chi connectivity index (χ4v) is 4.95. The SMILES string of the molecule is CNS(=O)(=O)c1ccccc1-c1ccc(NC(=O)C(Cc2cccc(C)c2)c2ccccn2)cc1.N=CN. The zero-order valence-electron chi connectivity index (χ0n) is 21.3. The van der Waals surface area contributed by atoms with E-state index in [1.165, 1.54) is 7.05 Å². The zero-order valence-corrected chi connectivity index (χ0v) is 22.1. The van der Waals surface area contributed by atoms with E-state index in [9.17, 15) is 13.2 Å². The van der Waals surface area contributed by atoms with Crippen molar-refractivity contribution in [1.29, 1.82) is 5.41 Å². The Morgan fingerprint density at radius 1 is 1.00 bits per heavy atom. The van der Waals surface area contributed by atoms with Gasteiger partial charge in [0.2, 0.25) is 15.9 Å². The summed E-state index contributed by atoms with van der Waals surface area (Å²) in [6, 6.07) is 27.7. The Hall–Kier alpha value is -4.34. The van der Waals surface area contributed by atoms with E-state index in [4.69, 9.17) is 5.41 Å². The maximum absolute atomic E-state index is 13.3. The van der Waals surface area contributed by atoms with Crippen molar-refractivity contribution < 1.29 is 13.2 Å². The fourth-order valence-electron chi connectivity index (χ4n) is 4.00. The summed E-state index contributed by atoms with van der Waals surface area (Å²) in [4.78, 5) is 18.0. The number of hydrogen-bond acceptors (Lipinski definition) is 5. The summed E-state index contributed by atoms with van der Waals surface area (Å²) in [5.74, 6) is -0.615. The number of amides is 1. The van der Waals surface area contributed by atoms with E-state index in [0.29, 0.717) is 23.4 Å². The fraction of sp³-hybridized carbons (Fsp3) is 0.138. The van der Waals surface area contributed by atoms with Crippen LogP contribution >= 0.6 is 0 Å². The molecule has 0 aliphatic carbocycles. The van der Waals surface area contributed by atoms with Crippen molar-refractivity contribution in [2.45, 2.75) is 24.2 Å². The number of benzene rings is 3. The number of pyridine rings is 1. The van der Waals surface area contributed by atoms with Gasteiger partial charge in [0.15, 0.2) is 0 Å². The molecule has 4 aromatic rings. The van der Waals surface area contributed by atoms with Gasteiger partial charge in [0.05, 0.1) is 22.8 Å². The number of rotatable bonds is 8. The normalized spacial score (nSPS) is 11.5. The Morgan fingerprint density at radius 2 is 1.68 bits per heavy atom. The van der Waals surface area contributed by atoms with Crippen LogP contribution in [0.2, 0.25) is 0 Å². The lowest BCUT2D eigenvalue weighted by molar-refractivity contribution is -0.117. The van der Waals surface area contributed by atoms with E-state index >= 15 is 0 Å². The van der Waals surface area contributed by atoms with Gasteiger partial charge in [-0.1, -0.05) is 66.2 Å². The minimum atomic E-state index is -3.61. The van der Waals surface area contributed by atoms with Crippen LogP contribution < -0.4 is 15.8 Å². The van der Waals surface area contributed by atoms with E-state index in [2.05, 4.69) is 26.8 Å². The van der Waals surface area contributed by atoms with Gasteiger partial charge in [-0.2, -0.15) is 0 Å². The Labute approximate surface area is 223 Å². The molecule has 196 valence electrons. The summed E-state index contributed by atoms with van der Waals surface area (Å²) in [6.07, 6.45) is 2.97. The number of aromatic nitrogens is 1. The number of carbonyl (C=O) groups excluding carboxylic acids is 1. The van der Waals surface area contributed by atoms with E-state index in [1.54, 1.807) is 54.7 Å². The third-order valence-electron chi connectivity index (χ3n) is 5.79. The topological polar surface area (TPSA) is 138 Å². The number of sulfonamides is 1. The molecule has 1 unspecified atom stereocenters. The molecule has 0 fully saturated rings. The monoisotopic (exact) mass is 529 g/mol. The number of carbonyl (C=O) groups is 1. The highest BCUT2D eigenvalue weighted by atomic mass is 32.2. The van der Waals surface area contributed by atoms with Crippen molar-refractivity contribution >= 4 is 28.0 Å². The second kappa shape index (κ2) is 13.3. The van der Waals surface area contributed by atoms with E-state index in [0.717, 1.165) is 23.0 Å². The highest BCUT2D eigenvalue weighted by molar-refractivity contribution is 7.89. The molecule has 5 N–H and O–H groups in total. The van der Waals surface area contributed by atoms with Gasteiger partial charge >= 0.3 is 0 Å². The summed E-state index contributed by atoms with van der Waals surface area (Å²) in [6.45, 7) is 2.03. The molecule has 0 aliphatic heterocycles. The van der Waals surface area contributed by atoms with E-state index < -0.39 is 15.9 Å². The maximum atomic E-state index is 13.3. The second-order valence-electron chi connectivity index (χ2n) is 8.44. The third kappa shape index (κ3) is 7.34. The van der Waals surface area contributed by atoms with Gasteiger partial charge in [-0.3, -0.25) is 15.2 Å². The van der Waals surface area contributed by atoms with Crippen LogP contribution in [0, 0.1) is 12.3 Å². The Kier molecular flexibility index (Phi) is 9.86. The minimum Gasteiger partial charge on any atom is -0.390 e. The molecule has 0 saturated carbocycles. The van der Waals surface area contributed by atoms with Gasteiger partial charge in [0.1, 0.15) is 0 Å². The maximum Gasteiger partial charge on any atom is 0.240 e. The Morgan fingerprint density at radius 3 is 2.32 bits per heavy atom. The van der Waals surface area contributed by atoms with E-state index in [-0.39, 0.29) is 10.8 Å². The first-order valence-corrected chi connectivity index (χ1v) is 13.4. The van der Waals surface area contributed by atoms with Crippen LogP contribution in [0.1, 0.15) is 22.7 Å². The van der Waals surface area contributed by atoms with Crippen molar-refractivity contribution in [3.63, 3.8) is 0 Å². The Balaban J connectivity index is 0.00000127. The molecule has 9 heteroatoms. The highest BCUT2D eigenvalue weighted by Crippen LogP contribution is 2.29. The summed E-state index contributed by atoms with van der Waals surface area (Å²) in [7, 11) is -2.22. The van der Waals surface area contributed by atoms with Gasteiger partial charge in [-0.05, 0) is 61.9 Å². The number of anilines is 1. The van der Waals surface area contributed by atoms with Gasteiger partial charge in [0, 0.05) is 17.4 Å². The number of nitrogens with zero attached hydrogens (tertiary/aromatic N) is 1. The summed E-state index contributed by atoms with van der Waals surface area (Å²) in [5.41, 5.74) is 9.24. The molecule has 1 aromatic heterocycles. The van der Waals surface area contributed by atoms with Crippen LogP contribution in [-0.4, -0.2) is 32.7 Å². The molecule has 1 amide bonds. The van der Waals surface area contributed by atoms with Crippen molar-refractivity contribution in [3.8, 4) is 11.1 Å². The van der Waals surface area contributed by atoms with Crippen molar-refractivity contribution in [1.82, 2.24) is 9.71 Å². The third-order valence-corrected chi connectivity index (χ3v) is 7.26. The van der Waals surface area contributed by atoms with Crippen LogP contribution in [-0.2, 0) is 21.2 Å². The molecule has 1 atom stereocenters. The zero-order chi connectivity index (χ0) is 27.5. The summed E-state index contributed by atoms with van der Waals surface area (Å²) < 4.78 is 27.2. The smallest absolute Gasteiger partial charge is 0.240 e. The number of nitrogens with one attached hydrogen (secondary N) is 3. The van der Waals surface area contributed by atoms with E-state index in [1.807, 2.05) is 43.3 Å². The molecule has 4 rings (SSSR count). The van der Waals surface area contributed by atoms with Gasteiger partial charge in [-0.15, -0.1) is 0 Å². The lowest BCUT2D eigenvalue weighted by atomic mass is 9.94. The van der Waals surface area contributed by atoms with Crippen molar-refractivity contribution in [2.24, 2.45) is 5.73 Å². The Bertz CT molecular complexity index is 1470. The molecule has 0 saturated heterocycles. The molecule has 0 aliphatic rings. The summed E-state index contributed by atoms with van der Waals surface area (Å²) in [5, 5.41) is 8.86. The molecular formula is C29H31N5O3S. The van der Waals surface area contributed by atoms with Crippen LogP contribution in [0.4, 0.5) is 5.69 Å². The standard InChI is InChI=1S/C28H27N3O3S.CH4N2/c1-20-8-7-9-21(18-20)19-25(26-11-5-6-17-30-26)28(32)31-23-15-13-22(14-16-23)24-10-3-4-12-27(24)35(33,34)29-2;2-1-3/h3-18,25,29H,19H2,1-2H3,(H,31,32);1H,(H3,2,3). The molecule has 38 heavy (non-hydrogen) atoms. The van der Waals surface area contributed by atoms with Crippen LogP contribution in [0.25, 0.3) is 11.1 Å². The van der Waals surface area contributed by atoms with Gasteiger partial charge < -0.3 is 11.1 Å². The predicted octanol–water partition coefficient (Wildman–Crippen LogP) is 4.48. The number of hydrogen-bond donors (Lipinski definition) is 4. The van der Waals surface area contributed by atoms with Crippen LogP contribution in [0.15, 0.2) is 102 Å². The van der Waals surface area contributed by atoms with Crippen LogP contribution in [0.3, 0.4) is 0 Å². The lowest BCUT2D eigenvalue weighted by Crippen LogP contribution is -2.24. The highest BCUT2D eigenvalue weighted by Gasteiger charge is 2.23. The molecule has 1 heterocycles. The first kappa shape index (κ1) is 28.2. The molecular weight excluding hydrogens is 498 g/mol. The average molecular weight is 530 g/mol. The van der Waals surface area contributed by atoms with Gasteiger partial charge in [-0.25, -0.2) is 13.1 Å². The lowest BCUT2D eigenvalue weighted by Gasteiger charge is -2.17. The minimum absolute atomic E-state index is 0.156. The first-order chi connectivity index (χ1) is 18.3. The molecule has 0 radical (unpaired) electrons. The number of aryl methyl sites for hydroxylation is 1. The largest absolute Gasteiger partial charge is 0.390 e. The van der Waals surface area contributed by atoms with Crippen LogP contribution in [0.5, 0.6) is 0 Å². The second-order valence-corrected chi connectivity index (χ2v) is 10.3. The molecule has 0 spiro atoms.